The molecule has 0 fully saturated rings. The Bertz CT molecular complexity index is 552. The Morgan fingerprint density at radius 3 is 2.53 bits per heavy atom. The number of pyridine rings is 1. The lowest BCUT2D eigenvalue weighted by Gasteiger charge is -2.08. The molecular formula is C14H18N2O. The van der Waals surface area contributed by atoms with Crippen LogP contribution in [0.2, 0.25) is 0 Å². The van der Waals surface area contributed by atoms with Crippen molar-refractivity contribution in [2.75, 3.05) is 0 Å². The maximum absolute atomic E-state index is 12.3. The third-order valence-electron chi connectivity index (χ3n) is 2.86. The van der Waals surface area contributed by atoms with E-state index in [0.29, 0.717) is 0 Å². The number of Topliss-reactive ketones (excluding diaryl/α,β-unsaturated/α-hetero) is 1. The Balaban J connectivity index is 2.72. The summed E-state index contributed by atoms with van der Waals surface area (Å²) < 4.78 is 1.90. The summed E-state index contributed by atoms with van der Waals surface area (Å²) in [6.45, 7) is 7.99. The van der Waals surface area contributed by atoms with Crippen molar-refractivity contribution in [1.82, 2.24) is 9.38 Å². The quantitative estimate of drug-likeness (QED) is 0.758. The second-order valence-corrected chi connectivity index (χ2v) is 4.95. The van der Waals surface area contributed by atoms with E-state index >= 15 is 0 Å². The van der Waals surface area contributed by atoms with Gasteiger partial charge < -0.3 is 0 Å². The van der Waals surface area contributed by atoms with E-state index in [1.165, 1.54) is 0 Å². The lowest BCUT2D eigenvalue weighted by molar-refractivity contribution is 0.0932. The zero-order chi connectivity index (χ0) is 12.6. The van der Waals surface area contributed by atoms with Crippen molar-refractivity contribution in [1.29, 1.82) is 0 Å². The fourth-order valence-corrected chi connectivity index (χ4v) is 1.93. The molecule has 2 aromatic rings. The van der Waals surface area contributed by atoms with Crippen LogP contribution in [0.4, 0.5) is 0 Å². The van der Waals surface area contributed by atoms with Gasteiger partial charge in [0.25, 0.3) is 0 Å². The maximum Gasteiger partial charge on any atom is 0.184 e. The maximum atomic E-state index is 12.3. The van der Waals surface area contributed by atoms with Gasteiger partial charge in [-0.2, -0.15) is 0 Å². The normalized spacial score (nSPS) is 11.6. The summed E-state index contributed by atoms with van der Waals surface area (Å²) in [5.41, 5.74) is 2.49. The van der Waals surface area contributed by atoms with E-state index in [9.17, 15) is 4.79 Å². The van der Waals surface area contributed by atoms with Crippen molar-refractivity contribution >= 4 is 11.4 Å². The van der Waals surface area contributed by atoms with Crippen LogP contribution < -0.4 is 0 Å². The lowest BCUT2D eigenvalue weighted by atomic mass is 10.00. The Labute approximate surface area is 101 Å². The Hall–Kier alpha value is -1.64. The van der Waals surface area contributed by atoms with Crippen molar-refractivity contribution < 1.29 is 4.79 Å². The molecule has 2 aromatic heterocycles. The average Bonchev–Trinajstić information content (AvgIpc) is 2.67. The molecule has 3 heteroatoms. The predicted octanol–water partition coefficient (Wildman–Crippen LogP) is 3.30. The van der Waals surface area contributed by atoms with E-state index in [-0.39, 0.29) is 17.6 Å². The minimum Gasteiger partial charge on any atom is -0.297 e. The Morgan fingerprint density at radius 1 is 1.24 bits per heavy atom. The standard InChI is InChI=1S/C14H18N2O/c1-9(2)12-13(14(17)10(3)4)16-8-6-5-7-11(16)15-12/h5-10H,1-4H3. The molecule has 0 aliphatic carbocycles. The van der Waals surface area contributed by atoms with Gasteiger partial charge >= 0.3 is 0 Å². The average molecular weight is 230 g/mol. The Kier molecular flexibility index (Phi) is 3.01. The van der Waals surface area contributed by atoms with E-state index in [4.69, 9.17) is 0 Å². The second-order valence-electron chi connectivity index (χ2n) is 4.95. The number of hydrogen-bond donors (Lipinski definition) is 0. The molecule has 17 heavy (non-hydrogen) atoms. The number of hydrogen-bond acceptors (Lipinski definition) is 2. The zero-order valence-corrected chi connectivity index (χ0v) is 10.8. The van der Waals surface area contributed by atoms with Crippen LogP contribution in [-0.2, 0) is 0 Å². The summed E-state index contributed by atoms with van der Waals surface area (Å²) in [4.78, 5) is 16.8. The number of rotatable bonds is 3. The van der Waals surface area contributed by atoms with Crippen molar-refractivity contribution in [3.63, 3.8) is 0 Å². The topological polar surface area (TPSA) is 34.4 Å². The SMILES string of the molecule is CC(C)C(=O)c1c(C(C)C)nc2ccccn12. The predicted molar refractivity (Wildman–Crippen MR) is 68.4 cm³/mol. The molecule has 0 aliphatic rings. The van der Waals surface area contributed by atoms with Crippen LogP contribution in [0.5, 0.6) is 0 Å². The summed E-state index contributed by atoms with van der Waals surface area (Å²) in [6, 6.07) is 5.80. The van der Waals surface area contributed by atoms with Gasteiger partial charge in [0, 0.05) is 12.1 Å². The minimum absolute atomic E-state index is 0.00685. The molecule has 0 amide bonds. The Morgan fingerprint density at radius 2 is 1.94 bits per heavy atom. The molecule has 0 bridgehead atoms. The summed E-state index contributed by atoms with van der Waals surface area (Å²) in [5, 5.41) is 0. The first-order valence-corrected chi connectivity index (χ1v) is 6.03. The highest BCUT2D eigenvalue weighted by Crippen LogP contribution is 2.23. The fraction of sp³-hybridized carbons (Fsp3) is 0.429. The van der Waals surface area contributed by atoms with Crippen molar-refractivity contribution in [3.8, 4) is 0 Å². The molecule has 2 rings (SSSR count). The van der Waals surface area contributed by atoms with E-state index < -0.39 is 0 Å². The van der Waals surface area contributed by atoms with Crippen LogP contribution in [-0.4, -0.2) is 15.2 Å². The number of nitrogens with zero attached hydrogens (tertiary/aromatic N) is 2. The second kappa shape index (κ2) is 4.32. The van der Waals surface area contributed by atoms with Crippen LogP contribution in [0, 0.1) is 5.92 Å². The molecule has 0 aliphatic heterocycles. The van der Waals surface area contributed by atoms with Crippen molar-refractivity contribution in [2.45, 2.75) is 33.6 Å². The summed E-state index contributed by atoms with van der Waals surface area (Å²) in [5.74, 6) is 0.410. The zero-order valence-electron chi connectivity index (χ0n) is 10.8. The highest BCUT2D eigenvalue weighted by Gasteiger charge is 2.22. The van der Waals surface area contributed by atoms with E-state index in [2.05, 4.69) is 18.8 Å². The molecule has 0 radical (unpaired) electrons. The molecular weight excluding hydrogens is 212 g/mol. The van der Waals surface area contributed by atoms with Crippen LogP contribution in [0.25, 0.3) is 5.65 Å². The summed E-state index contributed by atoms with van der Waals surface area (Å²) in [6.07, 6.45) is 1.91. The van der Waals surface area contributed by atoms with Gasteiger partial charge in [-0.25, -0.2) is 4.98 Å². The number of ketones is 1. The molecule has 0 N–H and O–H groups in total. The summed E-state index contributed by atoms with van der Waals surface area (Å²) >= 11 is 0. The molecule has 0 unspecified atom stereocenters. The van der Waals surface area contributed by atoms with Crippen LogP contribution in [0.3, 0.4) is 0 Å². The summed E-state index contributed by atoms with van der Waals surface area (Å²) in [7, 11) is 0. The van der Waals surface area contributed by atoms with Gasteiger partial charge in [0.2, 0.25) is 0 Å². The molecule has 0 spiro atoms. The van der Waals surface area contributed by atoms with Crippen LogP contribution in [0.15, 0.2) is 24.4 Å². The highest BCUT2D eigenvalue weighted by atomic mass is 16.1. The van der Waals surface area contributed by atoms with Gasteiger partial charge in [-0.15, -0.1) is 0 Å². The first kappa shape index (κ1) is 11.8. The van der Waals surface area contributed by atoms with E-state index in [1.807, 2.05) is 42.6 Å². The number of carbonyl (C=O) groups excluding carboxylic acids is 1. The van der Waals surface area contributed by atoms with Gasteiger partial charge in [-0.3, -0.25) is 9.20 Å². The molecule has 2 heterocycles. The first-order valence-electron chi connectivity index (χ1n) is 6.03. The molecule has 0 aromatic carbocycles. The lowest BCUT2D eigenvalue weighted by Crippen LogP contribution is -2.13. The van der Waals surface area contributed by atoms with E-state index in [0.717, 1.165) is 17.0 Å². The third kappa shape index (κ3) is 1.97. The number of carbonyl (C=O) groups is 1. The van der Waals surface area contributed by atoms with Gasteiger partial charge in [0.15, 0.2) is 5.78 Å². The van der Waals surface area contributed by atoms with Gasteiger partial charge in [0.05, 0.1) is 5.69 Å². The monoisotopic (exact) mass is 230 g/mol. The smallest absolute Gasteiger partial charge is 0.184 e. The van der Waals surface area contributed by atoms with Gasteiger partial charge in [0.1, 0.15) is 11.3 Å². The van der Waals surface area contributed by atoms with Crippen molar-refractivity contribution in [2.24, 2.45) is 5.92 Å². The number of imidazole rings is 1. The van der Waals surface area contributed by atoms with Crippen LogP contribution >= 0.6 is 0 Å². The largest absolute Gasteiger partial charge is 0.297 e. The third-order valence-corrected chi connectivity index (χ3v) is 2.86. The number of aromatic nitrogens is 2. The van der Waals surface area contributed by atoms with E-state index in [1.54, 1.807) is 0 Å². The van der Waals surface area contributed by atoms with Gasteiger partial charge in [-0.1, -0.05) is 33.8 Å². The van der Waals surface area contributed by atoms with Gasteiger partial charge in [-0.05, 0) is 18.1 Å². The van der Waals surface area contributed by atoms with Crippen molar-refractivity contribution in [3.05, 3.63) is 35.8 Å². The molecule has 0 saturated heterocycles. The molecule has 3 nitrogen and oxygen atoms in total. The highest BCUT2D eigenvalue weighted by molar-refractivity contribution is 5.98. The molecule has 0 atom stereocenters. The molecule has 90 valence electrons. The fourth-order valence-electron chi connectivity index (χ4n) is 1.93. The number of fused-ring (bicyclic) bond motifs is 1. The molecule has 0 saturated carbocycles. The minimum atomic E-state index is -0.00685. The van der Waals surface area contributed by atoms with Crippen LogP contribution in [0.1, 0.15) is 49.8 Å². The first-order chi connectivity index (χ1) is 8.02.